The van der Waals surface area contributed by atoms with Gasteiger partial charge in [0.2, 0.25) is 0 Å². The van der Waals surface area contributed by atoms with Crippen molar-refractivity contribution in [3.8, 4) is 0 Å². The summed E-state index contributed by atoms with van der Waals surface area (Å²) in [4.78, 5) is 0. The molecule has 0 aromatic rings. The summed E-state index contributed by atoms with van der Waals surface area (Å²) in [7, 11) is 0. The zero-order valence-electron chi connectivity index (χ0n) is 6.64. The Morgan fingerprint density at radius 2 is 1.90 bits per heavy atom. The Balaban J connectivity index is 2.15. The van der Waals surface area contributed by atoms with Crippen LogP contribution in [-0.2, 0) is 9.47 Å². The van der Waals surface area contributed by atoms with E-state index in [1.165, 1.54) is 0 Å². The van der Waals surface area contributed by atoms with Gasteiger partial charge in [-0.3, -0.25) is 0 Å². The van der Waals surface area contributed by atoms with Gasteiger partial charge in [0.1, 0.15) is 0 Å². The molecule has 0 saturated carbocycles. The summed E-state index contributed by atoms with van der Waals surface area (Å²) >= 11 is 0. The normalized spacial score (nSPS) is 30.3. The Hall–Kier alpha value is -0.0800. The van der Waals surface area contributed by atoms with E-state index in [1.54, 1.807) is 0 Å². The van der Waals surface area contributed by atoms with Crippen LogP contribution in [0.1, 0.15) is 26.2 Å². The maximum absolute atomic E-state index is 5.48. The summed E-state index contributed by atoms with van der Waals surface area (Å²) in [6.07, 6.45) is 3.72. The topological polar surface area (TPSA) is 18.5 Å². The van der Waals surface area contributed by atoms with Crippen molar-refractivity contribution in [2.45, 2.75) is 32.3 Å². The highest BCUT2D eigenvalue weighted by molar-refractivity contribution is 4.52. The van der Waals surface area contributed by atoms with Crippen LogP contribution in [0.15, 0.2) is 0 Å². The van der Waals surface area contributed by atoms with Crippen LogP contribution in [-0.4, -0.2) is 25.9 Å². The molecule has 0 bridgehead atoms. The van der Waals surface area contributed by atoms with E-state index in [0.717, 1.165) is 39.1 Å². The number of ether oxygens (including phenoxy) is 2. The third kappa shape index (κ3) is 3.18. The average molecular weight is 144 g/mol. The van der Waals surface area contributed by atoms with E-state index in [4.69, 9.17) is 9.47 Å². The van der Waals surface area contributed by atoms with Gasteiger partial charge in [0, 0.05) is 19.8 Å². The van der Waals surface area contributed by atoms with Crippen LogP contribution >= 0.6 is 0 Å². The van der Waals surface area contributed by atoms with E-state index in [1.807, 2.05) is 0 Å². The second-order valence-electron chi connectivity index (χ2n) is 2.79. The standard InChI is InChI=1S/C8H16O2/c1-8-4-7-9-5-2-3-6-10-8/h8H,2-7H2,1H3. The highest BCUT2D eigenvalue weighted by Crippen LogP contribution is 2.03. The van der Waals surface area contributed by atoms with Crippen LogP contribution in [0.25, 0.3) is 0 Å². The van der Waals surface area contributed by atoms with E-state index in [0.29, 0.717) is 6.10 Å². The third-order valence-corrected chi connectivity index (χ3v) is 1.75. The highest BCUT2D eigenvalue weighted by atomic mass is 16.5. The Bertz CT molecular complexity index is 73.3. The monoisotopic (exact) mass is 144 g/mol. The van der Waals surface area contributed by atoms with E-state index in [9.17, 15) is 0 Å². The lowest BCUT2D eigenvalue weighted by Crippen LogP contribution is -2.10. The molecule has 0 amide bonds. The first-order chi connectivity index (χ1) is 4.89. The Morgan fingerprint density at radius 1 is 1.10 bits per heavy atom. The van der Waals surface area contributed by atoms with E-state index < -0.39 is 0 Å². The summed E-state index contributed by atoms with van der Waals surface area (Å²) in [5.41, 5.74) is 0. The van der Waals surface area contributed by atoms with Gasteiger partial charge in [-0.15, -0.1) is 0 Å². The molecule has 1 atom stereocenters. The van der Waals surface area contributed by atoms with Crippen molar-refractivity contribution in [3.05, 3.63) is 0 Å². The first-order valence-corrected chi connectivity index (χ1v) is 4.09. The van der Waals surface area contributed by atoms with Gasteiger partial charge >= 0.3 is 0 Å². The summed E-state index contributed by atoms with van der Waals surface area (Å²) in [5.74, 6) is 0. The van der Waals surface area contributed by atoms with Crippen LogP contribution in [0.5, 0.6) is 0 Å². The minimum Gasteiger partial charge on any atom is -0.381 e. The van der Waals surface area contributed by atoms with Gasteiger partial charge in [-0.05, 0) is 26.2 Å². The smallest absolute Gasteiger partial charge is 0.0568 e. The second kappa shape index (κ2) is 4.69. The molecule has 0 aromatic heterocycles. The number of rotatable bonds is 0. The molecule has 2 nitrogen and oxygen atoms in total. The molecular weight excluding hydrogens is 128 g/mol. The SMILES string of the molecule is CC1CCOCCCCO1. The second-order valence-corrected chi connectivity index (χ2v) is 2.79. The van der Waals surface area contributed by atoms with Crippen LogP contribution in [0.4, 0.5) is 0 Å². The van der Waals surface area contributed by atoms with Crippen LogP contribution in [0.3, 0.4) is 0 Å². The van der Waals surface area contributed by atoms with Gasteiger partial charge in [-0.25, -0.2) is 0 Å². The lowest BCUT2D eigenvalue weighted by atomic mass is 10.3. The molecule has 1 heterocycles. The van der Waals surface area contributed by atoms with Gasteiger partial charge in [-0.1, -0.05) is 0 Å². The van der Waals surface area contributed by atoms with Crippen molar-refractivity contribution < 1.29 is 9.47 Å². The fourth-order valence-corrected chi connectivity index (χ4v) is 1.03. The molecule has 1 rings (SSSR count). The van der Waals surface area contributed by atoms with Gasteiger partial charge in [-0.2, -0.15) is 0 Å². The van der Waals surface area contributed by atoms with Crippen LogP contribution in [0, 0.1) is 0 Å². The molecule has 0 aliphatic carbocycles. The molecule has 1 aliphatic rings. The quantitative estimate of drug-likeness (QED) is 0.514. The van der Waals surface area contributed by atoms with E-state index in [-0.39, 0.29) is 0 Å². The maximum atomic E-state index is 5.48. The molecule has 1 aliphatic heterocycles. The third-order valence-electron chi connectivity index (χ3n) is 1.75. The van der Waals surface area contributed by atoms with Gasteiger partial charge in [0.05, 0.1) is 6.10 Å². The number of hydrogen-bond donors (Lipinski definition) is 0. The van der Waals surface area contributed by atoms with E-state index >= 15 is 0 Å². The predicted octanol–water partition coefficient (Wildman–Crippen LogP) is 1.59. The Kier molecular flexibility index (Phi) is 3.76. The molecule has 1 fully saturated rings. The molecule has 60 valence electrons. The average Bonchev–Trinajstić information content (AvgIpc) is 2.02. The van der Waals surface area contributed by atoms with Crippen molar-refractivity contribution in [2.75, 3.05) is 19.8 Å². The summed E-state index contributed by atoms with van der Waals surface area (Å²) in [6.45, 7) is 4.79. The summed E-state index contributed by atoms with van der Waals surface area (Å²) in [5, 5.41) is 0. The van der Waals surface area contributed by atoms with Crippen molar-refractivity contribution in [2.24, 2.45) is 0 Å². The summed E-state index contributed by atoms with van der Waals surface area (Å²) in [6, 6.07) is 0. The minimum atomic E-state index is 0.387. The molecule has 0 N–H and O–H groups in total. The van der Waals surface area contributed by atoms with Gasteiger partial charge in [0.15, 0.2) is 0 Å². The van der Waals surface area contributed by atoms with E-state index in [2.05, 4.69) is 6.92 Å². The Morgan fingerprint density at radius 3 is 2.80 bits per heavy atom. The van der Waals surface area contributed by atoms with Crippen LogP contribution in [0.2, 0.25) is 0 Å². The number of hydrogen-bond acceptors (Lipinski definition) is 2. The molecule has 1 saturated heterocycles. The molecule has 0 radical (unpaired) electrons. The lowest BCUT2D eigenvalue weighted by molar-refractivity contribution is 0.0488. The maximum Gasteiger partial charge on any atom is 0.0568 e. The lowest BCUT2D eigenvalue weighted by Gasteiger charge is -2.09. The van der Waals surface area contributed by atoms with Crippen molar-refractivity contribution >= 4 is 0 Å². The molecule has 10 heavy (non-hydrogen) atoms. The van der Waals surface area contributed by atoms with Crippen molar-refractivity contribution in [1.82, 2.24) is 0 Å². The van der Waals surface area contributed by atoms with Crippen molar-refractivity contribution in [3.63, 3.8) is 0 Å². The predicted molar refractivity (Wildman–Crippen MR) is 40.1 cm³/mol. The van der Waals surface area contributed by atoms with Gasteiger partial charge < -0.3 is 9.47 Å². The van der Waals surface area contributed by atoms with Crippen LogP contribution < -0.4 is 0 Å². The van der Waals surface area contributed by atoms with Crippen molar-refractivity contribution in [1.29, 1.82) is 0 Å². The molecular formula is C8H16O2. The van der Waals surface area contributed by atoms with Gasteiger partial charge in [0.25, 0.3) is 0 Å². The zero-order chi connectivity index (χ0) is 7.23. The molecule has 0 spiro atoms. The minimum absolute atomic E-state index is 0.387. The molecule has 0 aromatic carbocycles. The zero-order valence-corrected chi connectivity index (χ0v) is 6.64. The molecule has 1 unspecified atom stereocenters. The largest absolute Gasteiger partial charge is 0.381 e. The fourth-order valence-electron chi connectivity index (χ4n) is 1.03. The Labute approximate surface area is 62.5 Å². The fraction of sp³-hybridized carbons (Fsp3) is 1.00. The molecule has 2 heteroatoms. The highest BCUT2D eigenvalue weighted by Gasteiger charge is 2.03. The first kappa shape index (κ1) is 8.02. The first-order valence-electron chi connectivity index (χ1n) is 4.09. The summed E-state index contributed by atoms with van der Waals surface area (Å²) < 4.78 is 10.8.